The standard InChI is InChI=1S/C13H22N2/c1-3-4-8-12(14)10-15-13-9-6-5-7-11(13)2/h5-7,9,12,15H,3-4,8,10,14H2,1-2H3. The molecule has 1 aromatic carbocycles. The summed E-state index contributed by atoms with van der Waals surface area (Å²) in [6, 6.07) is 8.58. The molecular weight excluding hydrogens is 184 g/mol. The highest BCUT2D eigenvalue weighted by Gasteiger charge is 2.02. The molecule has 3 N–H and O–H groups in total. The van der Waals surface area contributed by atoms with Crippen LogP contribution in [0.15, 0.2) is 24.3 Å². The predicted octanol–water partition coefficient (Wildman–Crippen LogP) is 2.92. The lowest BCUT2D eigenvalue weighted by Gasteiger charge is -2.14. The van der Waals surface area contributed by atoms with Crippen molar-refractivity contribution in [3.63, 3.8) is 0 Å². The molecule has 0 saturated heterocycles. The zero-order chi connectivity index (χ0) is 11.1. The van der Waals surface area contributed by atoms with Crippen molar-refractivity contribution >= 4 is 5.69 Å². The Hall–Kier alpha value is -1.02. The van der Waals surface area contributed by atoms with Crippen LogP contribution >= 0.6 is 0 Å². The smallest absolute Gasteiger partial charge is 0.0370 e. The Morgan fingerprint density at radius 1 is 1.33 bits per heavy atom. The number of hydrogen-bond donors (Lipinski definition) is 2. The third-order valence-electron chi connectivity index (χ3n) is 2.63. The summed E-state index contributed by atoms with van der Waals surface area (Å²) >= 11 is 0. The lowest BCUT2D eigenvalue weighted by atomic mass is 10.1. The third kappa shape index (κ3) is 4.34. The van der Waals surface area contributed by atoms with Crippen molar-refractivity contribution in [3.8, 4) is 0 Å². The summed E-state index contributed by atoms with van der Waals surface area (Å²) in [6.45, 7) is 5.17. The minimum absolute atomic E-state index is 0.268. The molecule has 0 fully saturated rings. The SMILES string of the molecule is CCCCC(N)CNc1ccccc1C. The van der Waals surface area contributed by atoms with Crippen LogP contribution < -0.4 is 11.1 Å². The molecule has 0 bridgehead atoms. The van der Waals surface area contributed by atoms with Gasteiger partial charge in [0.15, 0.2) is 0 Å². The van der Waals surface area contributed by atoms with E-state index in [2.05, 4.69) is 37.4 Å². The van der Waals surface area contributed by atoms with Crippen LogP contribution in [-0.4, -0.2) is 12.6 Å². The second-order valence-electron chi connectivity index (χ2n) is 4.10. The van der Waals surface area contributed by atoms with Crippen LogP contribution in [0.2, 0.25) is 0 Å². The lowest BCUT2D eigenvalue weighted by Crippen LogP contribution is -2.29. The van der Waals surface area contributed by atoms with Crippen molar-refractivity contribution < 1.29 is 0 Å². The normalized spacial score (nSPS) is 12.5. The highest BCUT2D eigenvalue weighted by Crippen LogP contribution is 2.13. The summed E-state index contributed by atoms with van der Waals surface area (Å²) in [5.41, 5.74) is 8.47. The first-order valence-corrected chi connectivity index (χ1v) is 5.79. The van der Waals surface area contributed by atoms with Gasteiger partial charge in [-0.05, 0) is 25.0 Å². The average Bonchev–Trinajstić information content (AvgIpc) is 2.25. The van der Waals surface area contributed by atoms with Gasteiger partial charge in [0.25, 0.3) is 0 Å². The zero-order valence-corrected chi connectivity index (χ0v) is 9.79. The van der Waals surface area contributed by atoms with E-state index in [-0.39, 0.29) is 6.04 Å². The largest absolute Gasteiger partial charge is 0.383 e. The number of benzene rings is 1. The van der Waals surface area contributed by atoms with Gasteiger partial charge in [-0.15, -0.1) is 0 Å². The fraction of sp³-hybridized carbons (Fsp3) is 0.538. The Bertz CT molecular complexity index is 284. The van der Waals surface area contributed by atoms with E-state index in [9.17, 15) is 0 Å². The van der Waals surface area contributed by atoms with Gasteiger partial charge >= 0.3 is 0 Å². The number of anilines is 1. The van der Waals surface area contributed by atoms with Gasteiger partial charge in [0.2, 0.25) is 0 Å². The number of rotatable bonds is 6. The Morgan fingerprint density at radius 2 is 2.07 bits per heavy atom. The Labute approximate surface area is 92.9 Å². The fourth-order valence-corrected chi connectivity index (χ4v) is 1.58. The quantitative estimate of drug-likeness (QED) is 0.751. The summed E-state index contributed by atoms with van der Waals surface area (Å²) in [5.74, 6) is 0. The molecule has 0 radical (unpaired) electrons. The number of aryl methyl sites for hydroxylation is 1. The zero-order valence-electron chi connectivity index (χ0n) is 9.79. The first kappa shape index (κ1) is 12.1. The highest BCUT2D eigenvalue weighted by atomic mass is 14.9. The number of para-hydroxylation sites is 1. The molecule has 2 nitrogen and oxygen atoms in total. The van der Waals surface area contributed by atoms with Crippen molar-refractivity contribution in [2.24, 2.45) is 5.73 Å². The second-order valence-corrected chi connectivity index (χ2v) is 4.10. The van der Waals surface area contributed by atoms with E-state index in [0.29, 0.717) is 0 Å². The van der Waals surface area contributed by atoms with Gasteiger partial charge in [-0.3, -0.25) is 0 Å². The first-order valence-electron chi connectivity index (χ1n) is 5.79. The number of nitrogens with two attached hydrogens (primary N) is 1. The predicted molar refractivity (Wildman–Crippen MR) is 67.2 cm³/mol. The summed E-state index contributed by atoms with van der Waals surface area (Å²) in [5, 5.41) is 3.40. The maximum atomic E-state index is 6.00. The lowest BCUT2D eigenvalue weighted by molar-refractivity contribution is 0.596. The Kier molecular flexibility index (Phi) is 5.19. The monoisotopic (exact) mass is 206 g/mol. The van der Waals surface area contributed by atoms with E-state index in [4.69, 9.17) is 5.73 Å². The molecule has 0 aliphatic rings. The van der Waals surface area contributed by atoms with Crippen LogP contribution in [0.4, 0.5) is 5.69 Å². The number of nitrogens with one attached hydrogen (secondary N) is 1. The van der Waals surface area contributed by atoms with E-state index in [1.165, 1.54) is 24.1 Å². The molecule has 15 heavy (non-hydrogen) atoms. The molecule has 0 spiro atoms. The van der Waals surface area contributed by atoms with E-state index in [0.717, 1.165) is 13.0 Å². The summed E-state index contributed by atoms with van der Waals surface area (Å²) in [6.07, 6.45) is 3.55. The van der Waals surface area contributed by atoms with E-state index >= 15 is 0 Å². The molecule has 1 rings (SSSR count). The van der Waals surface area contributed by atoms with Crippen LogP contribution in [0.1, 0.15) is 31.7 Å². The highest BCUT2D eigenvalue weighted by molar-refractivity contribution is 5.50. The molecule has 0 amide bonds. The molecule has 0 aliphatic heterocycles. The molecule has 0 heterocycles. The van der Waals surface area contributed by atoms with Gasteiger partial charge in [-0.1, -0.05) is 38.0 Å². The molecule has 2 heteroatoms. The molecule has 0 aromatic heterocycles. The van der Waals surface area contributed by atoms with Gasteiger partial charge < -0.3 is 11.1 Å². The molecule has 84 valence electrons. The van der Waals surface area contributed by atoms with E-state index in [1.807, 2.05) is 6.07 Å². The number of hydrogen-bond acceptors (Lipinski definition) is 2. The van der Waals surface area contributed by atoms with E-state index in [1.54, 1.807) is 0 Å². The number of unbranched alkanes of at least 4 members (excludes halogenated alkanes) is 1. The molecule has 1 aromatic rings. The first-order chi connectivity index (χ1) is 7.24. The topological polar surface area (TPSA) is 38.0 Å². The summed E-state index contributed by atoms with van der Waals surface area (Å²) in [7, 11) is 0. The van der Waals surface area contributed by atoms with Crippen molar-refractivity contribution in [1.82, 2.24) is 0 Å². The fourth-order valence-electron chi connectivity index (χ4n) is 1.58. The third-order valence-corrected chi connectivity index (χ3v) is 2.63. The second kappa shape index (κ2) is 6.46. The van der Waals surface area contributed by atoms with Crippen molar-refractivity contribution in [1.29, 1.82) is 0 Å². The average molecular weight is 206 g/mol. The van der Waals surface area contributed by atoms with Gasteiger partial charge in [0, 0.05) is 18.3 Å². The van der Waals surface area contributed by atoms with Crippen molar-refractivity contribution in [2.45, 2.75) is 39.2 Å². The Morgan fingerprint density at radius 3 is 2.73 bits per heavy atom. The van der Waals surface area contributed by atoms with Crippen LogP contribution in [0.3, 0.4) is 0 Å². The van der Waals surface area contributed by atoms with Crippen LogP contribution in [-0.2, 0) is 0 Å². The maximum Gasteiger partial charge on any atom is 0.0370 e. The molecule has 1 atom stereocenters. The van der Waals surface area contributed by atoms with Gasteiger partial charge in [-0.25, -0.2) is 0 Å². The summed E-state index contributed by atoms with van der Waals surface area (Å²) in [4.78, 5) is 0. The van der Waals surface area contributed by atoms with E-state index < -0.39 is 0 Å². The minimum atomic E-state index is 0.268. The van der Waals surface area contributed by atoms with Crippen LogP contribution in [0.5, 0.6) is 0 Å². The summed E-state index contributed by atoms with van der Waals surface area (Å²) < 4.78 is 0. The maximum absolute atomic E-state index is 6.00. The van der Waals surface area contributed by atoms with Crippen molar-refractivity contribution in [2.75, 3.05) is 11.9 Å². The van der Waals surface area contributed by atoms with Gasteiger partial charge in [-0.2, -0.15) is 0 Å². The van der Waals surface area contributed by atoms with Crippen LogP contribution in [0, 0.1) is 6.92 Å². The van der Waals surface area contributed by atoms with Gasteiger partial charge in [0.1, 0.15) is 0 Å². The molecule has 0 saturated carbocycles. The molecular formula is C13H22N2. The van der Waals surface area contributed by atoms with Crippen molar-refractivity contribution in [3.05, 3.63) is 29.8 Å². The molecule has 1 unspecified atom stereocenters. The minimum Gasteiger partial charge on any atom is -0.383 e. The van der Waals surface area contributed by atoms with Crippen LogP contribution in [0.25, 0.3) is 0 Å². The molecule has 0 aliphatic carbocycles. The Balaban J connectivity index is 2.33. The van der Waals surface area contributed by atoms with Gasteiger partial charge in [0.05, 0.1) is 0 Å².